The highest BCUT2D eigenvalue weighted by Gasteiger charge is 2.47. The van der Waals surface area contributed by atoms with Crippen molar-refractivity contribution in [3.63, 3.8) is 0 Å². The van der Waals surface area contributed by atoms with E-state index in [0.717, 1.165) is 23.7 Å². The first-order valence-electron chi connectivity index (χ1n) is 4.91. The van der Waals surface area contributed by atoms with Crippen LogP contribution in [0.1, 0.15) is 33.1 Å². The molecule has 3 nitrogen and oxygen atoms in total. The lowest BCUT2D eigenvalue weighted by atomic mass is 9.78. The second-order valence-electron chi connectivity index (χ2n) is 4.28. The molecule has 0 aromatic rings. The number of carbonyl (C=O) groups excluding carboxylic acids is 2. The zero-order valence-corrected chi connectivity index (χ0v) is 10.8. The van der Waals surface area contributed by atoms with E-state index in [-0.39, 0.29) is 17.7 Å². The largest absolute Gasteiger partial charge is 0.296 e. The van der Waals surface area contributed by atoms with Gasteiger partial charge in [0, 0.05) is 0 Å². The quantitative estimate of drug-likeness (QED) is 0.373. The number of rotatable bonds is 4. The van der Waals surface area contributed by atoms with Crippen molar-refractivity contribution in [2.45, 2.75) is 33.1 Å². The lowest BCUT2D eigenvalue weighted by Crippen LogP contribution is -2.28. The molecule has 1 atom stereocenters. The number of imide groups is 1. The van der Waals surface area contributed by atoms with Gasteiger partial charge in [0.2, 0.25) is 11.8 Å². The van der Waals surface area contributed by atoms with E-state index in [4.69, 9.17) is 0 Å². The zero-order valence-electron chi connectivity index (χ0n) is 8.60. The predicted molar refractivity (Wildman–Crippen MR) is 63.2 cm³/mol. The first-order chi connectivity index (χ1) is 6.50. The molecule has 0 bridgehead atoms. The number of halogens is 1. The SMILES string of the molecule is CC1(C)C(=O)NC(=O)C1CCCCI. The van der Waals surface area contributed by atoms with Crippen LogP contribution in [0.5, 0.6) is 0 Å². The lowest BCUT2D eigenvalue weighted by Gasteiger charge is -2.21. The first kappa shape index (κ1) is 11.9. The van der Waals surface area contributed by atoms with E-state index in [1.54, 1.807) is 0 Å². The Labute approximate surface area is 98.2 Å². The van der Waals surface area contributed by atoms with Crippen LogP contribution in [0.15, 0.2) is 0 Å². The molecule has 0 aromatic heterocycles. The Balaban J connectivity index is 2.58. The summed E-state index contributed by atoms with van der Waals surface area (Å²) in [7, 11) is 0. The van der Waals surface area contributed by atoms with Crippen molar-refractivity contribution in [3.05, 3.63) is 0 Å². The number of hydrogen-bond donors (Lipinski definition) is 1. The molecule has 0 saturated carbocycles. The average Bonchev–Trinajstić information content (AvgIpc) is 2.28. The molecule has 1 rings (SSSR count). The summed E-state index contributed by atoms with van der Waals surface area (Å²) >= 11 is 2.32. The maximum absolute atomic E-state index is 11.5. The minimum atomic E-state index is -0.512. The van der Waals surface area contributed by atoms with Gasteiger partial charge in [0.1, 0.15) is 0 Å². The molecule has 0 spiro atoms. The van der Waals surface area contributed by atoms with Crippen LogP contribution in [0.25, 0.3) is 0 Å². The summed E-state index contributed by atoms with van der Waals surface area (Å²) in [6.07, 6.45) is 2.97. The Morgan fingerprint density at radius 2 is 2.00 bits per heavy atom. The van der Waals surface area contributed by atoms with Gasteiger partial charge in [-0.2, -0.15) is 0 Å². The first-order valence-corrected chi connectivity index (χ1v) is 6.44. The summed E-state index contributed by atoms with van der Waals surface area (Å²) in [5.41, 5.74) is -0.512. The Morgan fingerprint density at radius 1 is 1.36 bits per heavy atom. The van der Waals surface area contributed by atoms with Gasteiger partial charge in [-0.3, -0.25) is 14.9 Å². The zero-order chi connectivity index (χ0) is 10.8. The van der Waals surface area contributed by atoms with Crippen LogP contribution in [0.2, 0.25) is 0 Å². The number of unbranched alkanes of at least 4 members (excludes halogenated alkanes) is 1. The Bertz CT molecular complexity index is 251. The van der Waals surface area contributed by atoms with Crippen LogP contribution in [0.4, 0.5) is 0 Å². The molecule has 1 N–H and O–H groups in total. The molecule has 1 heterocycles. The molecule has 4 heteroatoms. The predicted octanol–water partition coefficient (Wildman–Crippen LogP) is 1.89. The van der Waals surface area contributed by atoms with E-state index in [1.807, 2.05) is 13.8 Å². The molecule has 1 aliphatic heterocycles. The molecule has 1 aliphatic rings. The fraction of sp³-hybridized carbons (Fsp3) is 0.800. The standard InChI is InChI=1S/C10H16INO2/c1-10(2)7(5-3-4-6-11)8(13)12-9(10)14/h7H,3-6H2,1-2H3,(H,12,13,14). The number of amides is 2. The molecule has 14 heavy (non-hydrogen) atoms. The van der Waals surface area contributed by atoms with E-state index in [0.29, 0.717) is 0 Å². The minimum Gasteiger partial charge on any atom is -0.296 e. The summed E-state index contributed by atoms with van der Waals surface area (Å²) in [4.78, 5) is 22.9. The molecule has 0 aromatic carbocycles. The Morgan fingerprint density at radius 3 is 2.43 bits per heavy atom. The molecule has 0 radical (unpaired) electrons. The van der Waals surface area contributed by atoms with Crippen molar-refractivity contribution < 1.29 is 9.59 Å². The van der Waals surface area contributed by atoms with Crippen molar-refractivity contribution in [3.8, 4) is 0 Å². The third-order valence-corrected chi connectivity index (χ3v) is 3.65. The van der Waals surface area contributed by atoms with Crippen molar-refractivity contribution in [2.75, 3.05) is 4.43 Å². The van der Waals surface area contributed by atoms with Gasteiger partial charge in [0.05, 0.1) is 11.3 Å². The number of alkyl halides is 1. The molecule has 1 unspecified atom stereocenters. The van der Waals surface area contributed by atoms with Gasteiger partial charge in [-0.1, -0.05) is 42.9 Å². The van der Waals surface area contributed by atoms with E-state index < -0.39 is 5.41 Å². The van der Waals surface area contributed by atoms with Gasteiger partial charge in [0.25, 0.3) is 0 Å². The van der Waals surface area contributed by atoms with Crippen molar-refractivity contribution in [1.29, 1.82) is 0 Å². The molecular formula is C10H16INO2. The molecule has 1 saturated heterocycles. The number of nitrogens with one attached hydrogen (secondary N) is 1. The fourth-order valence-corrected chi connectivity index (χ4v) is 2.32. The van der Waals surface area contributed by atoms with Gasteiger partial charge in [-0.15, -0.1) is 0 Å². The van der Waals surface area contributed by atoms with Crippen LogP contribution >= 0.6 is 22.6 Å². The summed E-state index contributed by atoms with van der Waals surface area (Å²) in [5, 5.41) is 2.40. The highest BCUT2D eigenvalue weighted by Crippen LogP contribution is 2.35. The Kier molecular flexibility index (Phi) is 3.92. The van der Waals surface area contributed by atoms with Crippen molar-refractivity contribution in [1.82, 2.24) is 5.32 Å². The maximum Gasteiger partial charge on any atom is 0.233 e. The summed E-state index contributed by atoms with van der Waals surface area (Å²) in [6.45, 7) is 3.70. The molecule has 80 valence electrons. The third-order valence-electron chi connectivity index (χ3n) is 2.89. The lowest BCUT2D eigenvalue weighted by molar-refractivity contribution is -0.127. The number of hydrogen-bond acceptors (Lipinski definition) is 2. The highest BCUT2D eigenvalue weighted by molar-refractivity contribution is 14.1. The second-order valence-corrected chi connectivity index (χ2v) is 5.36. The van der Waals surface area contributed by atoms with Gasteiger partial charge >= 0.3 is 0 Å². The summed E-state index contributed by atoms with van der Waals surface area (Å²) in [6, 6.07) is 0. The topological polar surface area (TPSA) is 46.2 Å². The van der Waals surface area contributed by atoms with E-state index in [1.165, 1.54) is 0 Å². The normalized spacial score (nSPS) is 25.2. The number of carbonyl (C=O) groups is 2. The molecular weight excluding hydrogens is 293 g/mol. The highest BCUT2D eigenvalue weighted by atomic mass is 127. The van der Waals surface area contributed by atoms with Crippen molar-refractivity contribution in [2.24, 2.45) is 11.3 Å². The van der Waals surface area contributed by atoms with Crippen LogP contribution in [0.3, 0.4) is 0 Å². The van der Waals surface area contributed by atoms with E-state index >= 15 is 0 Å². The minimum absolute atomic E-state index is 0.0894. The van der Waals surface area contributed by atoms with Gasteiger partial charge < -0.3 is 0 Å². The third kappa shape index (κ3) is 2.27. The van der Waals surface area contributed by atoms with E-state index in [2.05, 4.69) is 27.9 Å². The van der Waals surface area contributed by atoms with E-state index in [9.17, 15) is 9.59 Å². The van der Waals surface area contributed by atoms with Crippen LogP contribution in [0, 0.1) is 11.3 Å². The molecule has 2 amide bonds. The maximum atomic E-state index is 11.5. The molecule has 1 fully saturated rings. The van der Waals surface area contributed by atoms with Gasteiger partial charge in [-0.25, -0.2) is 0 Å². The smallest absolute Gasteiger partial charge is 0.233 e. The van der Waals surface area contributed by atoms with Crippen LogP contribution < -0.4 is 5.32 Å². The van der Waals surface area contributed by atoms with Crippen molar-refractivity contribution >= 4 is 34.4 Å². The van der Waals surface area contributed by atoms with Crippen LogP contribution in [-0.4, -0.2) is 16.2 Å². The summed E-state index contributed by atoms with van der Waals surface area (Å²) < 4.78 is 1.11. The average molecular weight is 309 g/mol. The van der Waals surface area contributed by atoms with Crippen LogP contribution in [-0.2, 0) is 9.59 Å². The van der Waals surface area contributed by atoms with Gasteiger partial charge in [0.15, 0.2) is 0 Å². The summed E-state index contributed by atoms with van der Waals surface area (Å²) in [5.74, 6) is -0.339. The monoisotopic (exact) mass is 309 g/mol. The second kappa shape index (κ2) is 4.59. The van der Waals surface area contributed by atoms with Gasteiger partial charge in [-0.05, 0) is 17.3 Å². The fourth-order valence-electron chi connectivity index (χ4n) is 1.78. The molecule has 0 aliphatic carbocycles. The Hall–Kier alpha value is -0.130.